The maximum atomic E-state index is 12.8. The van der Waals surface area contributed by atoms with E-state index in [9.17, 15) is 8.42 Å². The van der Waals surface area contributed by atoms with Crippen LogP contribution in [0.3, 0.4) is 0 Å². The second-order valence-corrected chi connectivity index (χ2v) is 9.83. The van der Waals surface area contributed by atoms with Crippen molar-refractivity contribution < 1.29 is 13.2 Å². The van der Waals surface area contributed by atoms with Crippen molar-refractivity contribution in [2.24, 2.45) is 0 Å². The van der Waals surface area contributed by atoms with Crippen LogP contribution >= 0.6 is 23.4 Å². The number of nitrogen functional groups attached to an aromatic ring is 1. The van der Waals surface area contributed by atoms with E-state index in [0.717, 1.165) is 0 Å². The molecule has 11 heteroatoms. The molecule has 2 aromatic carbocycles. The van der Waals surface area contributed by atoms with E-state index in [1.165, 1.54) is 20.7 Å². The molecule has 8 nitrogen and oxygen atoms in total. The van der Waals surface area contributed by atoms with Gasteiger partial charge in [-0.3, -0.25) is 0 Å². The number of halogens is 1. The van der Waals surface area contributed by atoms with Crippen LogP contribution in [-0.4, -0.2) is 53.0 Å². The molecule has 0 saturated heterocycles. The van der Waals surface area contributed by atoms with Crippen LogP contribution in [0.15, 0.2) is 58.6 Å². The van der Waals surface area contributed by atoms with Gasteiger partial charge in [-0.05, 0) is 24.3 Å². The monoisotopic (exact) mass is 481 g/mol. The van der Waals surface area contributed by atoms with E-state index in [1.807, 2.05) is 12.1 Å². The van der Waals surface area contributed by atoms with Gasteiger partial charge in [-0.15, -0.1) is 10.2 Å². The molecule has 0 aliphatic heterocycles. The fourth-order valence-corrected chi connectivity index (χ4v) is 5.29. The molecule has 0 unspecified atom stereocenters. The van der Waals surface area contributed by atoms with Crippen molar-refractivity contribution in [1.29, 1.82) is 0 Å². The number of para-hydroxylation sites is 1. The second-order valence-electron chi connectivity index (χ2n) is 6.42. The van der Waals surface area contributed by atoms with Gasteiger partial charge in [0.05, 0.1) is 16.5 Å². The Balaban J connectivity index is 1.71. The van der Waals surface area contributed by atoms with Gasteiger partial charge in [0.15, 0.2) is 5.82 Å². The Morgan fingerprint density at radius 2 is 1.87 bits per heavy atom. The summed E-state index contributed by atoms with van der Waals surface area (Å²) in [4.78, 5) is 0.194. The van der Waals surface area contributed by atoms with E-state index in [0.29, 0.717) is 52.8 Å². The van der Waals surface area contributed by atoms with Gasteiger partial charge in [-0.1, -0.05) is 61.5 Å². The first-order valence-corrected chi connectivity index (χ1v) is 12.5. The molecule has 3 aromatic rings. The third-order valence-corrected chi connectivity index (χ3v) is 7.77. The molecule has 166 valence electrons. The van der Waals surface area contributed by atoms with Crippen molar-refractivity contribution in [1.82, 2.24) is 19.2 Å². The van der Waals surface area contributed by atoms with E-state index < -0.39 is 10.0 Å². The molecule has 0 radical (unpaired) electrons. The Morgan fingerprint density at radius 1 is 1.13 bits per heavy atom. The van der Waals surface area contributed by atoms with Crippen molar-refractivity contribution >= 4 is 33.4 Å². The Kier molecular flexibility index (Phi) is 7.82. The maximum absolute atomic E-state index is 12.8. The smallest absolute Gasteiger partial charge is 0.243 e. The molecule has 0 aliphatic carbocycles. The highest BCUT2D eigenvalue weighted by atomic mass is 35.5. The van der Waals surface area contributed by atoms with E-state index in [2.05, 4.69) is 10.2 Å². The van der Waals surface area contributed by atoms with Crippen LogP contribution in [0.1, 0.15) is 13.8 Å². The van der Waals surface area contributed by atoms with Gasteiger partial charge in [-0.25, -0.2) is 13.1 Å². The molecule has 0 aliphatic rings. The number of aromatic nitrogens is 3. The average molecular weight is 482 g/mol. The number of ether oxygens (including phenoxy) is 1. The molecule has 0 saturated carbocycles. The SMILES string of the molecule is CCN(CC)S(=O)(=O)c1cccc(-c2nnc(SCCOc3ccccc3Cl)n2N)c1. The lowest BCUT2D eigenvalue weighted by molar-refractivity contribution is 0.344. The number of benzene rings is 2. The van der Waals surface area contributed by atoms with E-state index in [4.69, 9.17) is 22.2 Å². The highest BCUT2D eigenvalue weighted by molar-refractivity contribution is 7.99. The minimum atomic E-state index is -3.58. The Bertz CT molecular complexity index is 1130. The van der Waals surface area contributed by atoms with Crippen LogP contribution in [0, 0.1) is 0 Å². The predicted octanol–water partition coefficient (Wildman–Crippen LogP) is 3.51. The molecular weight excluding hydrogens is 458 g/mol. The fourth-order valence-electron chi connectivity index (χ4n) is 2.93. The highest BCUT2D eigenvalue weighted by Gasteiger charge is 2.23. The first kappa shape index (κ1) is 23.4. The molecule has 0 spiro atoms. The molecular formula is C20H24ClN5O3S2. The lowest BCUT2D eigenvalue weighted by Crippen LogP contribution is -2.30. The summed E-state index contributed by atoms with van der Waals surface area (Å²) < 4.78 is 34.0. The second kappa shape index (κ2) is 10.4. The highest BCUT2D eigenvalue weighted by Crippen LogP contribution is 2.26. The Morgan fingerprint density at radius 3 is 2.58 bits per heavy atom. The van der Waals surface area contributed by atoms with Gasteiger partial charge in [0.25, 0.3) is 0 Å². The summed E-state index contributed by atoms with van der Waals surface area (Å²) in [6.07, 6.45) is 0. The number of hydrogen-bond acceptors (Lipinski definition) is 7. The lowest BCUT2D eigenvalue weighted by Gasteiger charge is -2.18. The molecule has 0 fully saturated rings. The van der Waals surface area contributed by atoms with Gasteiger partial charge in [0.1, 0.15) is 5.75 Å². The summed E-state index contributed by atoms with van der Waals surface area (Å²) in [5.41, 5.74) is 0.572. The van der Waals surface area contributed by atoms with Crippen molar-refractivity contribution in [3.63, 3.8) is 0 Å². The molecule has 1 heterocycles. The van der Waals surface area contributed by atoms with E-state index in [-0.39, 0.29) is 4.90 Å². The summed E-state index contributed by atoms with van der Waals surface area (Å²) >= 11 is 7.45. The molecule has 0 atom stereocenters. The zero-order valence-electron chi connectivity index (χ0n) is 17.2. The predicted molar refractivity (Wildman–Crippen MR) is 123 cm³/mol. The van der Waals surface area contributed by atoms with Gasteiger partial charge in [0.2, 0.25) is 15.2 Å². The average Bonchev–Trinajstić information content (AvgIpc) is 3.13. The van der Waals surface area contributed by atoms with Gasteiger partial charge in [0, 0.05) is 24.4 Å². The molecule has 0 bridgehead atoms. The number of thioether (sulfide) groups is 1. The third-order valence-electron chi connectivity index (χ3n) is 4.51. The minimum Gasteiger partial charge on any atom is -0.491 e. The summed E-state index contributed by atoms with van der Waals surface area (Å²) in [5, 5.41) is 9.31. The fraction of sp³-hybridized carbons (Fsp3) is 0.300. The minimum absolute atomic E-state index is 0.194. The van der Waals surface area contributed by atoms with Crippen LogP contribution in [0.5, 0.6) is 5.75 Å². The summed E-state index contributed by atoms with van der Waals surface area (Å²) in [7, 11) is -3.58. The first-order valence-electron chi connectivity index (χ1n) is 9.69. The molecule has 31 heavy (non-hydrogen) atoms. The zero-order valence-corrected chi connectivity index (χ0v) is 19.6. The van der Waals surface area contributed by atoms with Crippen molar-refractivity contribution in [3.8, 4) is 17.1 Å². The molecule has 3 rings (SSSR count). The van der Waals surface area contributed by atoms with Gasteiger partial charge in [-0.2, -0.15) is 4.31 Å². The number of sulfonamides is 1. The normalized spacial score (nSPS) is 11.7. The van der Waals surface area contributed by atoms with Crippen LogP contribution in [0.2, 0.25) is 5.02 Å². The standard InChI is InChI=1S/C20H24ClN5O3S2/c1-3-25(4-2)31(27,28)16-9-7-8-15(14-16)19-23-24-20(26(19)22)30-13-12-29-18-11-6-5-10-17(18)21/h5-11,14H,3-4,12-13,22H2,1-2H3. The molecule has 2 N–H and O–H groups in total. The van der Waals surface area contributed by atoms with E-state index >= 15 is 0 Å². The number of nitrogens with two attached hydrogens (primary N) is 1. The summed E-state index contributed by atoms with van der Waals surface area (Å²) in [6, 6.07) is 13.8. The van der Waals surface area contributed by atoms with Crippen LogP contribution < -0.4 is 10.6 Å². The first-order chi connectivity index (χ1) is 14.9. The van der Waals surface area contributed by atoms with E-state index in [1.54, 1.807) is 50.2 Å². The lowest BCUT2D eigenvalue weighted by atomic mass is 10.2. The topological polar surface area (TPSA) is 103 Å². The van der Waals surface area contributed by atoms with Gasteiger partial charge >= 0.3 is 0 Å². The quantitative estimate of drug-likeness (QED) is 0.268. The third kappa shape index (κ3) is 5.32. The van der Waals surface area contributed by atoms with Crippen LogP contribution in [0.25, 0.3) is 11.4 Å². The van der Waals surface area contributed by atoms with Crippen LogP contribution in [-0.2, 0) is 10.0 Å². The number of nitrogens with zero attached hydrogens (tertiary/aromatic N) is 4. The zero-order chi connectivity index (χ0) is 22.4. The maximum Gasteiger partial charge on any atom is 0.243 e. The van der Waals surface area contributed by atoms with Crippen LogP contribution in [0.4, 0.5) is 0 Å². The van der Waals surface area contributed by atoms with Crippen molar-refractivity contribution in [2.45, 2.75) is 23.9 Å². The number of hydrogen-bond donors (Lipinski definition) is 1. The largest absolute Gasteiger partial charge is 0.491 e. The van der Waals surface area contributed by atoms with Crippen molar-refractivity contribution in [3.05, 3.63) is 53.6 Å². The van der Waals surface area contributed by atoms with Gasteiger partial charge < -0.3 is 10.6 Å². The number of rotatable bonds is 10. The Labute approximate surface area is 191 Å². The van der Waals surface area contributed by atoms with Crippen molar-refractivity contribution in [2.75, 3.05) is 31.3 Å². The molecule has 0 amide bonds. The summed E-state index contributed by atoms with van der Waals surface area (Å²) in [6.45, 7) is 4.81. The summed E-state index contributed by atoms with van der Waals surface area (Å²) in [5.74, 6) is 7.75. The Hall–Kier alpha value is -2.27. The molecule has 1 aromatic heterocycles.